The molecule has 140 valence electrons. The minimum atomic E-state index is -0.411. The molecule has 2 rings (SSSR count). The molecule has 0 spiro atoms. The van der Waals surface area contributed by atoms with Crippen molar-refractivity contribution in [3.8, 4) is 5.75 Å². The molecule has 0 aliphatic rings. The number of aryl methyl sites for hydroxylation is 1. The zero-order chi connectivity index (χ0) is 19.6. The largest absolute Gasteiger partial charge is 0.494 e. The van der Waals surface area contributed by atoms with Gasteiger partial charge in [0.25, 0.3) is 5.91 Å². The summed E-state index contributed by atoms with van der Waals surface area (Å²) in [6.45, 7) is 4.45. The molecule has 6 nitrogen and oxygen atoms in total. The van der Waals surface area contributed by atoms with Gasteiger partial charge in [0, 0.05) is 11.6 Å². The van der Waals surface area contributed by atoms with Gasteiger partial charge in [0.1, 0.15) is 5.75 Å². The van der Waals surface area contributed by atoms with E-state index in [-0.39, 0.29) is 11.0 Å². The zero-order valence-corrected chi connectivity index (χ0v) is 15.9. The van der Waals surface area contributed by atoms with Crippen LogP contribution in [0.25, 0.3) is 6.08 Å². The van der Waals surface area contributed by atoms with Crippen LogP contribution >= 0.6 is 12.2 Å². The number of carbonyl (C=O) groups is 2. The van der Waals surface area contributed by atoms with Crippen molar-refractivity contribution in [2.45, 2.75) is 13.8 Å². The van der Waals surface area contributed by atoms with Crippen LogP contribution < -0.4 is 20.9 Å². The van der Waals surface area contributed by atoms with Gasteiger partial charge in [-0.3, -0.25) is 25.8 Å². The molecule has 0 saturated carbocycles. The summed E-state index contributed by atoms with van der Waals surface area (Å²) in [6.07, 6.45) is 3.00. The zero-order valence-electron chi connectivity index (χ0n) is 15.1. The normalized spacial score (nSPS) is 10.3. The van der Waals surface area contributed by atoms with Crippen LogP contribution in [0.4, 0.5) is 0 Å². The molecule has 3 N–H and O–H groups in total. The maximum atomic E-state index is 12.0. The van der Waals surface area contributed by atoms with Crippen LogP contribution in [0.1, 0.15) is 28.4 Å². The first-order chi connectivity index (χ1) is 13.0. The molecule has 0 radical (unpaired) electrons. The molecular weight excluding hydrogens is 362 g/mol. The summed E-state index contributed by atoms with van der Waals surface area (Å²) in [7, 11) is 0. The molecule has 27 heavy (non-hydrogen) atoms. The number of benzene rings is 2. The molecule has 0 atom stereocenters. The van der Waals surface area contributed by atoms with E-state index in [0.29, 0.717) is 12.2 Å². The molecule has 2 amide bonds. The lowest BCUT2D eigenvalue weighted by Crippen LogP contribution is -2.48. The van der Waals surface area contributed by atoms with Crippen molar-refractivity contribution in [2.24, 2.45) is 0 Å². The van der Waals surface area contributed by atoms with Crippen molar-refractivity contribution in [3.63, 3.8) is 0 Å². The summed E-state index contributed by atoms with van der Waals surface area (Å²) in [5.74, 6) is 0.0105. The van der Waals surface area contributed by atoms with Crippen molar-refractivity contribution < 1.29 is 14.3 Å². The van der Waals surface area contributed by atoms with Crippen LogP contribution in [-0.4, -0.2) is 23.5 Å². The summed E-state index contributed by atoms with van der Waals surface area (Å²) in [6, 6.07) is 14.4. The Kier molecular flexibility index (Phi) is 7.51. The predicted molar refractivity (Wildman–Crippen MR) is 109 cm³/mol. The number of amides is 2. The van der Waals surface area contributed by atoms with E-state index in [2.05, 4.69) is 16.2 Å². The smallest absolute Gasteiger partial charge is 0.269 e. The quantitative estimate of drug-likeness (QED) is 0.420. The Hall–Kier alpha value is -3.19. The first kappa shape index (κ1) is 20.1. The van der Waals surface area contributed by atoms with E-state index in [1.807, 2.05) is 50.2 Å². The molecule has 0 bridgehead atoms. The Morgan fingerprint density at radius 1 is 1.04 bits per heavy atom. The van der Waals surface area contributed by atoms with Crippen LogP contribution in [0.2, 0.25) is 0 Å². The van der Waals surface area contributed by atoms with Crippen molar-refractivity contribution >= 4 is 35.2 Å². The third-order valence-electron chi connectivity index (χ3n) is 3.46. The van der Waals surface area contributed by atoms with Gasteiger partial charge in [-0.05, 0) is 62.0 Å². The number of carbonyl (C=O) groups excluding carboxylic acids is 2. The van der Waals surface area contributed by atoms with E-state index in [1.54, 1.807) is 18.2 Å². The lowest BCUT2D eigenvalue weighted by Gasteiger charge is -2.09. The fourth-order valence-electron chi connectivity index (χ4n) is 2.09. The molecule has 0 heterocycles. The first-order valence-electron chi connectivity index (χ1n) is 8.37. The molecule has 0 saturated heterocycles. The number of hydrazine groups is 1. The Morgan fingerprint density at radius 2 is 1.70 bits per heavy atom. The third-order valence-corrected chi connectivity index (χ3v) is 3.66. The Labute approximate surface area is 163 Å². The molecule has 2 aromatic carbocycles. The molecule has 0 unspecified atom stereocenters. The highest BCUT2D eigenvalue weighted by molar-refractivity contribution is 7.80. The van der Waals surface area contributed by atoms with Gasteiger partial charge in [-0.15, -0.1) is 0 Å². The number of rotatable bonds is 5. The second-order valence-corrected chi connectivity index (χ2v) is 6.01. The minimum absolute atomic E-state index is 0.00296. The van der Waals surface area contributed by atoms with Gasteiger partial charge in [0.2, 0.25) is 5.91 Å². The lowest BCUT2D eigenvalue weighted by atomic mass is 10.1. The number of thiocarbonyl (C=S) groups is 1. The molecule has 0 aliphatic heterocycles. The van der Waals surface area contributed by atoms with Crippen LogP contribution in [0.15, 0.2) is 54.6 Å². The van der Waals surface area contributed by atoms with Gasteiger partial charge < -0.3 is 4.74 Å². The number of hydrogen-bond acceptors (Lipinski definition) is 4. The summed E-state index contributed by atoms with van der Waals surface area (Å²) >= 11 is 4.99. The van der Waals surface area contributed by atoms with E-state index < -0.39 is 5.91 Å². The van der Waals surface area contributed by atoms with Gasteiger partial charge in [-0.2, -0.15) is 0 Å². The number of hydrogen-bond donors (Lipinski definition) is 3. The van der Waals surface area contributed by atoms with Crippen molar-refractivity contribution in [1.82, 2.24) is 16.2 Å². The van der Waals surface area contributed by atoms with Gasteiger partial charge in [-0.1, -0.05) is 29.8 Å². The number of ether oxygens (including phenoxy) is 1. The molecule has 0 aliphatic carbocycles. The number of nitrogens with one attached hydrogen (secondary N) is 3. The Morgan fingerprint density at radius 3 is 2.33 bits per heavy atom. The average Bonchev–Trinajstić information content (AvgIpc) is 2.66. The lowest BCUT2D eigenvalue weighted by molar-refractivity contribution is -0.115. The minimum Gasteiger partial charge on any atom is -0.494 e. The van der Waals surface area contributed by atoms with E-state index in [4.69, 9.17) is 17.0 Å². The topological polar surface area (TPSA) is 79.5 Å². The maximum absolute atomic E-state index is 12.0. The van der Waals surface area contributed by atoms with Gasteiger partial charge in [0.05, 0.1) is 6.61 Å². The second kappa shape index (κ2) is 10.1. The fourth-order valence-corrected chi connectivity index (χ4v) is 2.24. The maximum Gasteiger partial charge on any atom is 0.269 e. The van der Waals surface area contributed by atoms with Crippen LogP contribution in [-0.2, 0) is 4.79 Å². The summed E-state index contributed by atoms with van der Waals surface area (Å²) in [5, 5.41) is 2.45. The molecule has 7 heteroatoms. The third kappa shape index (κ3) is 6.91. The van der Waals surface area contributed by atoms with Crippen molar-refractivity contribution in [1.29, 1.82) is 0 Å². The monoisotopic (exact) mass is 383 g/mol. The first-order valence-corrected chi connectivity index (χ1v) is 8.77. The average molecular weight is 383 g/mol. The predicted octanol–water partition coefficient (Wildman–Crippen LogP) is 2.74. The van der Waals surface area contributed by atoms with E-state index in [1.165, 1.54) is 6.08 Å². The highest BCUT2D eigenvalue weighted by Gasteiger charge is 2.06. The summed E-state index contributed by atoms with van der Waals surface area (Å²) < 4.78 is 5.36. The van der Waals surface area contributed by atoms with Gasteiger partial charge >= 0.3 is 0 Å². The van der Waals surface area contributed by atoms with Gasteiger partial charge in [-0.25, -0.2) is 0 Å². The van der Waals surface area contributed by atoms with Crippen LogP contribution in [0.5, 0.6) is 5.75 Å². The molecule has 2 aromatic rings. The Balaban J connectivity index is 1.78. The van der Waals surface area contributed by atoms with E-state index in [0.717, 1.165) is 16.9 Å². The van der Waals surface area contributed by atoms with Crippen LogP contribution in [0.3, 0.4) is 0 Å². The van der Waals surface area contributed by atoms with Crippen LogP contribution in [0, 0.1) is 6.92 Å². The summed E-state index contributed by atoms with van der Waals surface area (Å²) in [4.78, 5) is 23.8. The van der Waals surface area contributed by atoms with Crippen molar-refractivity contribution in [3.05, 3.63) is 71.3 Å². The van der Waals surface area contributed by atoms with E-state index in [9.17, 15) is 9.59 Å². The van der Waals surface area contributed by atoms with E-state index >= 15 is 0 Å². The molecular formula is C20H21N3O3S. The fraction of sp³-hybridized carbons (Fsp3) is 0.150. The highest BCUT2D eigenvalue weighted by Crippen LogP contribution is 2.12. The second-order valence-electron chi connectivity index (χ2n) is 5.60. The van der Waals surface area contributed by atoms with Gasteiger partial charge in [0.15, 0.2) is 5.11 Å². The van der Waals surface area contributed by atoms with Crippen molar-refractivity contribution in [2.75, 3.05) is 6.61 Å². The Bertz CT molecular complexity index is 831. The standard InChI is InChI=1S/C20H21N3O3S/c1-3-26-17-11-6-15(7-12-17)8-13-18(24)21-20(27)23-22-19(25)16-9-4-14(2)5-10-16/h4-13H,3H2,1-2H3,(H,22,25)(H2,21,23,24,27)/b13-8+. The molecule has 0 aromatic heterocycles. The summed E-state index contributed by atoms with van der Waals surface area (Å²) in [5.41, 5.74) is 7.32. The SMILES string of the molecule is CCOc1ccc(/C=C/C(=O)NC(=S)NNC(=O)c2ccc(C)cc2)cc1. The highest BCUT2D eigenvalue weighted by atomic mass is 32.1. The molecule has 0 fully saturated rings.